The van der Waals surface area contributed by atoms with E-state index in [-0.39, 0.29) is 11.9 Å². The largest absolute Gasteiger partial charge is 0.481 e. The molecule has 1 saturated heterocycles. The Morgan fingerprint density at radius 1 is 1.46 bits per heavy atom. The fourth-order valence-electron chi connectivity index (χ4n) is 2.96. The highest BCUT2D eigenvalue weighted by Crippen LogP contribution is 2.33. The van der Waals surface area contributed by atoms with Crippen LogP contribution >= 0.6 is 0 Å². The van der Waals surface area contributed by atoms with Crippen molar-refractivity contribution in [3.63, 3.8) is 0 Å². The topological polar surface area (TPSA) is 79.4 Å². The van der Waals surface area contributed by atoms with Crippen LogP contribution in [-0.2, 0) is 4.79 Å². The van der Waals surface area contributed by atoms with Gasteiger partial charge in [-0.3, -0.25) is 4.79 Å². The van der Waals surface area contributed by atoms with E-state index >= 15 is 0 Å². The van der Waals surface area contributed by atoms with Gasteiger partial charge in [0.15, 0.2) is 11.9 Å². The van der Waals surface area contributed by atoms with E-state index in [9.17, 15) is 4.79 Å². The third-order valence-corrected chi connectivity index (χ3v) is 4.15. The Bertz CT molecular complexity index is 761. The average Bonchev–Trinajstić information content (AvgIpc) is 3.23. The van der Waals surface area contributed by atoms with Crippen molar-refractivity contribution in [2.24, 2.45) is 0 Å². The third kappa shape index (κ3) is 3.25. The van der Waals surface area contributed by atoms with Crippen LogP contribution in [0, 0.1) is 18.3 Å². The average molecular weight is 325 g/mol. The fraction of sp³-hybridized carbons (Fsp3) is 0.389. The molecule has 2 aromatic rings. The number of amides is 1. The predicted octanol–water partition coefficient (Wildman–Crippen LogP) is 2.99. The predicted molar refractivity (Wildman–Crippen MR) is 86.2 cm³/mol. The first-order chi connectivity index (χ1) is 11.6. The van der Waals surface area contributed by atoms with Gasteiger partial charge < -0.3 is 14.2 Å². The van der Waals surface area contributed by atoms with Gasteiger partial charge in [-0.15, -0.1) is 0 Å². The smallest absolute Gasteiger partial charge is 0.263 e. The van der Waals surface area contributed by atoms with Gasteiger partial charge in [-0.2, -0.15) is 5.26 Å². The summed E-state index contributed by atoms with van der Waals surface area (Å²) in [4.78, 5) is 14.5. The summed E-state index contributed by atoms with van der Waals surface area (Å²) in [5.41, 5.74) is 1.37. The van der Waals surface area contributed by atoms with Gasteiger partial charge in [0, 0.05) is 12.6 Å². The maximum Gasteiger partial charge on any atom is 0.263 e. The Hall–Kier alpha value is -2.81. The number of carbonyl (C=O) groups excluding carboxylic acids is 1. The van der Waals surface area contributed by atoms with Crippen molar-refractivity contribution in [3.8, 4) is 11.8 Å². The van der Waals surface area contributed by atoms with Crippen molar-refractivity contribution in [2.75, 3.05) is 6.54 Å². The third-order valence-electron chi connectivity index (χ3n) is 4.15. The Balaban J connectivity index is 1.69. The maximum absolute atomic E-state index is 12.7. The molecule has 124 valence electrons. The summed E-state index contributed by atoms with van der Waals surface area (Å²) in [5, 5.41) is 12.7. The number of aryl methyl sites for hydroxylation is 1. The van der Waals surface area contributed by atoms with Gasteiger partial charge in [0.2, 0.25) is 0 Å². The molecule has 0 spiro atoms. The van der Waals surface area contributed by atoms with E-state index in [1.165, 1.54) is 0 Å². The molecule has 1 amide bonds. The molecule has 1 aromatic carbocycles. The number of likely N-dealkylation sites (tertiary alicyclic amines) is 1. The summed E-state index contributed by atoms with van der Waals surface area (Å²) in [5.74, 6) is 1.22. The minimum atomic E-state index is -0.609. The first kappa shape index (κ1) is 16.1. The molecular formula is C18H19N3O3. The zero-order chi connectivity index (χ0) is 17.1. The molecular weight excluding hydrogens is 306 g/mol. The Kier molecular flexibility index (Phi) is 4.52. The van der Waals surface area contributed by atoms with Gasteiger partial charge in [-0.05, 0) is 51.0 Å². The van der Waals surface area contributed by atoms with Crippen molar-refractivity contribution >= 4 is 5.91 Å². The second kappa shape index (κ2) is 6.75. The molecule has 24 heavy (non-hydrogen) atoms. The summed E-state index contributed by atoms with van der Waals surface area (Å²) < 4.78 is 11.1. The van der Waals surface area contributed by atoms with E-state index in [2.05, 4.69) is 11.2 Å². The van der Waals surface area contributed by atoms with Gasteiger partial charge >= 0.3 is 0 Å². The number of carbonyl (C=O) groups is 1. The lowest BCUT2D eigenvalue weighted by Gasteiger charge is -2.26. The van der Waals surface area contributed by atoms with Crippen molar-refractivity contribution in [1.29, 1.82) is 5.26 Å². The number of rotatable bonds is 4. The summed E-state index contributed by atoms with van der Waals surface area (Å²) >= 11 is 0. The van der Waals surface area contributed by atoms with Crippen LogP contribution in [0.2, 0.25) is 0 Å². The molecule has 3 rings (SSSR count). The van der Waals surface area contributed by atoms with Gasteiger partial charge in [0.25, 0.3) is 5.91 Å². The van der Waals surface area contributed by atoms with E-state index in [1.807, 2.05) is 13.0 Å². The molecule has 1 aliphatic rings. The van der Waals surface area contributed by atoms with Crippen LogP contribution in [-0.4, -0.2) is 28.6 Å². The fourth-order valence-corrected chi connectivity index (χ4v) is 2.96. The molecule has 6 nitrogen and oxygen atoms in total. The van der Waals surface area contributed by atoms with E-state index < -0.39 is 6.10 Å². The molecule has 0 radical (unpaired) electrons. The zero-order valence-electron chi connectivity index (χ0n) is 13.7. The normalized spacial score (nSPS) is 18.2. The molecule has 2 atom stereocenters. The van der Waals surface area contributed by atoms with E-state index in [0.717, 1.165) is 24.3 Å². The summed E-state index contributed by atoms with van der Waals surface area (Å²) in [7, 11) is 0. The molecule has 2 heterocycles. The number of hydrogen-bond acceptors (Lipinski definition) is 5. The molecule has 1 aliphatic heterocycles. The molecule has 0 aliphatic carbocycles. The lowest BCUT2D eigenvalue weighted by atomic mass is 10.1. The molecule has 0 unspecified atom stereocenters. The number of hydrogen-bond donors (Lipinski definition) is 0. The monoisotopic (exact) mass is 325 g/mol. The Morgan fingerprint density at radius 3 is 2.83 bits per heavy atom. The second-order valence-electron chi connectivity index (χ2n) is 5.96. The van der Waals surface area contributed by atoms with Crippen LogP contribution in [0.15, 0.2) is 34.9 Å². The van der Waals surface area contributed by atoms with Crippen molar-refractivity contribution in [2.45, 2.75) is 38.8 Å². The molecule has 1 aromatic heterocycles. The van der Waals surface area contributed by atoms with Crippen LogP contribution in [0.4, 0.5) is 0 Å². The number of aromatic nitrogens is 1. The molecule has 0 bridgehead atoms. The Labute approximate surface area is 140 Å². The van der Waals surface area contributed by atoms with Crippen LogP contribution in [0.5, 0.6) is 5.75 Å². The first-order valence-corrected chi connectivity index (χ1v) is 7.99. The Morgan fingerprint density at radius 2 is 2.21 bits per heavy atom. The van der Waals surface area contributed by atoms with Gasteiger partial charge in [0.1, 0.15) is 5.75 Å². The van der Waals surface area contributed by atoms with Crippen molar-refractivity contribution < 1.29 is 14.1 Å². The van der Waals surface area contributed by atoms with Crippen LogP contribution < -0.4 is 4.74 Å². The van der Waals surface area contributed by atoms with Crippen LogP contribution in [0.3, 0.4) is 0 Å². The lowest BCUT2D eigenvalue weighted by molar-refractivity contribution is -0.139. The standard InChI is InChI=1S/C18H19N3O3/c1-12-10-17(24-20-12)16-4-3-9-21(16)18(22)13(2)23-15-7-5-14(11-19)6-8-15/h5-8,10,13,16H,3-4,9H2,1-2H3/t13-,16+/m0/s1. The highest BCUT2D eigenvalue weighted by Gasteiger charge is 2.35. The molecule has 6 heteroatoms. The minimum absolute atomic E-state index is 0.0732. The maximum atomic E-state index is 12.7. The number of ether oxygens (including phenoxy) is 1. The number of nitrogens with zero attached hydrogens (tertiary/aromatic N) is 3. The molecule has 1 fully saturated rings. The van der Waals surface area contributed by atoms with Crippen LogP contribution in [0.1, 0.15) is 42.8 Å². The van der Waals surface area contributed by atoms with Crippen molar-refractivity contribution in [1.82, 2.24) is 10.1 Å². The second-order valence-corrected chi connectivity index (χ2v) is 5.96. The van der Waals surface area contributed by atoms with Crippen LogP contribution in [0.25, 0.3) is 0 Å². The quantitative estimate of drug-likeness (QED) is 0.863. The summed E-state index contributed by atoms with van der Waals surface area (Å²) in [6, 6.07) is 10.6. The minimum Gasteiger partial charge on any atom is -0.481 e. The summed E-state index contributed by atoms with van der Waals surface area (Å²) in [6.07, 6.45) is 1.19. The molecule has 0 saturated carbocycles. The lowest BCUT2D eigenvalue weighted by Crippen LogP contribution is -2.40. The van der Waals surface area contributed by atoms with E-state index in [1.54, 1.807) is 36.1 Å². The first-order valence-electron chi connectivity index (χ1n) is 7.99. The van der Waals surface area contributed by atoms with E-state index in [0.29, 0.717) is 17.9 Å². The van der Waals surface area contributed by atoms with Gasteiger partial charge in [-0.25, -0.2) is 0 Å². The number of benzene rings is 1. The SMILES string of the molecule is Cc1cc([C@H]2CCCN2C(=O)[C@H](C)Oc2ccc(C#N)cc2)on1. The highest BCUT2D eigenvalue weighted by molar-refractivity contribution is 5.81. The highest BCUT2D eigenvalue weighted by atomic mass is 16.5. The molecule has 0 N–H and O–H groups in total. The summed E-state index contributed by atoms with van der Waals surface area (Å²) in [6.45, 7) is 4.29. The van der Waals surface area contributed by atoms with Crippen molar-refractivity contribution in [3.05, 3.63) is 47.3 Å². The van der Waals surface area contributed by atoms with Gasteiger partial charge in [-0.1, -0.05) is 5.16 Å². The van der Waals surface area contributed by atoms with Gasteiger partial charge in [0.05, 0.1) is 23.4 Å². The van der Waals surface area contributed by atoms with E-state index in [4.69, 9.17) is 14.5 Å². The zero-order valence-corrected chi connectivity index (χ0v) is 13.7. The number of nitriles is 1.